The van der Waals surface area contributed by atoms with E-state index in [9.17, 15) is 13.2 Å². The summed E-state index contributed by atoms with van der Waals surface area (Å²) in [5.74, 6) is -0.417. The lowest BCUT2D eigenvalue weighted by Crippen LogP contribution is -2.31. The average Bonchev–Trinajstić information content (AvgIpc) is 1.86. The van der Waals surface area contributed by atoms with Crippen LogP contribution in [0.15, 0.2) is 16.5 Å². The summed E-state index contributed by atoms with van der Waals surface area (Å²) in [5, 5.41) is 2.33. The van der Waals surface area contributed by atoms with Crippen molar-refractivity contribution in [3.63, 3.8) is 0 Å². The van der Waals surface area contributed by atoms with Crippen molar-refractivity contribution >= 4 is 6.21 Å². The summed E-state index contributed by atoms with van der Waals surface area (Å²) in [6.45, 7) is 0.241. The second-order valence-electron chi connectivity index (χ2n) is 1.95. The molecule has 62 valence electrons. The Morgan fingerprint density at radius 3 is 2.55 bits per heavy atom. The fourth-order valence-corrected chi connectivity index (χ4v) is 0.672. The topological polar surface area (TPSA) is 50.4 Å². The maximum absolute atomic E-state index is 11.9. The molecule has 0 saturated heterocycles. The highest BCUT2D eigenvalue weighted by molar-refractivity contribution is 5.63. The summed E-state index contributed by atoms with van der Waals surface area (Å²) in [7, 11) is 0. The second-order valence-corrected chi connectivity index (χ2v) is 1.95. The van der Waals surface area contributed by atoms with E-state index in [0.29, 0.717) is 0 Å². The first kappa shape index (κ1) is 7.90. The van der Waals surface area contributed by atoms with E-state index in [1.165, 1.54) is 0 Å². The Kier molecular flexibility index (Phi) is 1.76. The first-order valence-electron chi connectivity index (χ1n) is 2.85. The summed E-state index contributed by atoms with van der Waals surface area (Å²) in [6.07, 6.45) is -3.34. The van der Waals surface area contributed by atoms with Crippen molar-refractivity contribution in [2.75, 3.05) is 6.54 Å². The number of nitrogens with one attached hydrogen (secondary N) is 1. The molecule has 1 aliphatic rings. The van der Waals surface area contributed by atoms with Gasteiger partial charge in [-0.1, -0.05) is 0 Å². The van der Waals surface area contributed by atoms with Crippen LogP contribution in [0.25, 0.3) is 0 Å². The zero-order chi connectivity index (χ0) is 8.48. The molecule has 0 radical (unpaired) electrons. The van der Waals surface area contributed by atoms with Crippen LogP contribution in [0.4, 0.5) is 13.2 Å². The van der Waals surface area contributed by atoms with E-state index >= 15 is 0 Å². The van der Waals surface area contributed by atoms with Crippen LogP contribution in [-0.2, 0) is 0 Å². The van der Waals surface area contributed by atoms with Gasteiger partial charge in [-0.15, -0.1) is 0 Å². The van der Waals surface area contributed by atoms with Gasteiger partial charge in [-0.2, -0.15) is 13.2 Å². The Balaban J connectivity index is 2.93. The van der Waals surface area contributed by atoms with E-state index in [-0.39, 0.29) is 6.54 Å². The molecule has 3 N–H and O–H groups in total. The van der Waals surface area contributed by atoms with Crippen LogP contribution in [-0.4, -0.2) is 18.9 Å². The molecular formula is C5H6F3N3. The Morgan fingerprint density at radius 2 is 2.18 bits per heavy atom. The van der Waals surface area contributed by atoms with Gasteiger partial charge in [0.25, 0.3) is 0 Å². The maximum Gasteiger partial charge on any atom is 0.436 e. The molecule has 0 bridgehead atoms. The van der Waals surface area contributed by atoms with Gasteiger partial charge in [-0.05, 0) is 0 Å². The van der Waals surface area contributed by atoms with Crippen LogP contribution in [0.5, 0.6) is 0 Å². The number of rotatable bonds is 0. The lowest BCUT2D eigenvalue weighted by molar-refractivity contribution is -0.0937. The second kappa shape index (κ2) is 2.44. The van der Waals surface area contributed by atoms with Gasteiger partial charge in [0.15, 0.2) is 5.70 Å². The van der Waals surface area contributed by atoms with Crippen molar-refractivity contribution < 1.29 is 13.2 Å². The third-order valence-electron chi connectivity index (χ3n) is 1.13. The molecule has 0 amide bonds. The molecule has 6 heteroatoms. The van der Waals surface area contributed by atoms with Crippen molar-refractivity contribution in [2.24, 2.45) is 10.7 Å². The molecule has 11 heavy (non-hydrogen) atoms. The fraction of sp³-hybridized carbons (Fsp3) is 0.400. The lowest BCUT2D eigenvalue weighted by Gasteiger charge is -2.14. The predicted molar refractivity (Wildman–Crippen MR) is 33.8 cm³/mol. The van der Waals surface area contributed by atoms with E-state index in [1.807, 2.05) is 0 Å². The minimum atomic E-state index is -4.46. The molecule has 0 fully saturated rings. The third-order valence-corrected chi connectivity index (χ3v) is 1.13. The van der Waals surface area contributed by atoms with Gasteiger partial charge in [0.2, 0.25) is 0 Å². The highest BCUT2D eigenvalue weighted by Gasteiger charge is 2.36. The first-order chi connectivity index (χ1) is 5.02. The number of nitrogens with two attached hydrogens (primary N) is 1. The van der Waals surface area contributed by atoms with Crippen molar-refractivity contribution in [3.8, 4) is 0 Å². The molecule has 0 unspecified atom stereocenters. The van der Waals surface area contributed by atoms with E-state index < -0.39 is 17.7 Å². The minimum Gasteiger partial charge on any atom is -0.384 e. The molecule has 0 atom stereocenters. The average molecular weight is 165 g/mol. The standard InChI is InChI=1S/C5H6F3N3/c6-5(7,8)3-4(9)11-2-1-10-3/h1,11H,2,9H2. The van der Waals surface area contributed by atoms with Gasteiger partial charge in [-0.25, -0.2) is 0 Å². The Labute approximate surface area is 60.8 Å². The molecule has 1 heterocycles. The number of hydrogen-bond donors (Lipinski definition) is 2. The van der Waals surface area contributed by atoms with E-state index in [0.717, 1.165) is 6.21 Å². The van der Waals surface area contributed by atoms with Crippen molar-refractivity contribution in [2.45, 2.75) is 6.18 Å². The Hall–Kier alpha value is -1.20. The van der Waals surface area contributed by atoms with Crippen molar-refractivity contribution in [3.05, 3.63) is 11.5 Å². The van der Waals surface area contributed by atoms with Crippen LogP contribution >= 0.6 is 0 Å². The van der Waals surface area contributed by atoms with Crippen LogP contribution < -0.4 is 11.1 Å². The summed E-state index contributed by atoms with van der Waals surface area (Å²) >= 11 is 0. The molecule has 3 nitrogen and oxygen atoms in total. The van der Waals surface area contributed by atoms with Crippen LogP contribution in [0.2, 0.25) is 0 Å². The van der Waals surface area contributed by atoms with Gasteiger partial charge in [-0.3, -0.25) is 4.99 Å². The zero-order valence-electron chi connectivity index (χ0n) is 5.44. The normalized spacial score (nSPS) is 18.5. The van der Waals surface area contributed by atoms with E-state index in [1.54, 1.807) is 0 Å². The predicted octanol–water partition coefficient (Wildman–Crippen LogP) is 0.351. The van der Waals surface area contributed by atoms with Crippen LogP contribution in [0, 0.1) is 0 Å². The molecule has 0 aromatic carbocycles. The highest BCUT2D eigenvalue weighted by Crippen LogP contribution is 2.27. The van der Waals surface area contributed by atoms with Crippen molar-refractivity contribution in [1.29, 1.82) is 0 Å². The number of allylic oxidation sites excluding steroid dienone is 1. The summed E-state index contributed by atoms with van der Waals surface area (Å²) in [6, 6.07) is 0. The summed E-state index contributed by atoms with van der Waals surface area (Å²) in [4.78, 5) is 3.12. The number of alkyl halides is 3. The number of hydrogen-bond acceptors (Lipinski definition) is 3. The molecule has 0 spiro atoms. The number of aliphatic imine (C=N–C) groups is 1. The van der Waals surface area contributed by atoms with E-state index in [2.05, 4.69) is 10.3 Å². The fourth-order valence-electron chi connectivity index (χ4n) is 0.672. The molecule has 0 saturated carbocycles. The maximum atomic E-state index is 11.9. The van der Waals surface area contributed by atoms with Crippen LogP contribution in [0.1, 0.15) is 0 Å². The molecule has 0 aromatic rings. The highest BCUT2D eigenvalue weighted by atomic mass is 19.4. The zero-order valence-corrected chi connectivity index (χ0v) is 5.44. The summed E-state index contributed by atoms with van der Waals surface area (Å²) in [5.41, 5.74) is 3.95. The van der Waals surface area contributed by atoms with Gasteiger partial charge < -0.3 is 11.1 Å². The Morgan fingerprint density at radius 1 is 1.55 bits per heavy atom. The van der Waals surface area contributed by atoms with Gasteiger partial charge in [0.05, 0.1) is 6.54 Å². The van der Waals surface area contributed by atoms with Gasteiger partial charge in [0, 0.05) is 6.21 Å². The van der Waals surface area contributed by atoms with Crippen LogP contribution in [0.3, 0.4) is 0 Å². The Bertz CT molecular complexity index is 216. The first-order valence-corrected chi connectivity index (χ1v) is 2.85. The third kappa shape index (κ3) is 1.63. The lowest BCUT2D eigenvalue weighted by atomic mass is 10.4. The van der Waals surface area contributed by atoms with Gasteiger partial charge >= 0.3 is 6.18 Å². The number of nitrogens with zero attached hydrogens (tertiary/aromatic N) is 1. The van der Waals surface area contributed by atoms with E-state index in [4.69, 9.17) is 5.73 Å². The van der Waals surface area contributed by atoms with Gasteiger partial charge in [0.1, 0.15) is 5.82 Å². The molecule has 1 rings (SSSR count). The SMILES string of the molecule is NC1=C(C(F)(F)F)N=CCN1. The molecular weight excluding hydrogens is 159 g/mol. The minimum absolute atomic E-state index is 0.241. The largest absolute Gasteiger partial charge is 0.436 e. The molecule has 0 aromatic heterocycles. The monoisotopic (exact) mass is 165 g/mol. The molecule has 0 aliphatic carbocycles. The number of halogens is 3. The molecule has 1 aliphatic heterocycles. The smallest absolute Gasteiger partial charge is 0.384 e. The summed E-state index contributed by atoms with van der Waals surface area (Å²) < 4.78 is 35.7. The quantitative estimate of drug-likeness (QED) is 0.544. The van der Waals surface area contributed by atoms with Crippen molar-refractivity contribution in [1.82, 2.24) is 5.32 Å².